The molecule has 3 aromatic carbocycles. The number of hydrogen-bond donors (Lipinski definition) is 1. The second-order valence-corrected chi connectivity index (χ2v) is 8.36. The van der Waals surface area contributed by atoms with E-state index >= 15 is 0 Å². The zero-order valence-electron chi connectivity index (χ0n) is 17.7. The molecule has 4 heteroatoms. The first-order valence-corrected chi connectivity index (χ1v) is 10.6. The van der Waals surface area contributed by atoms with Gasteiger partial charge < -0.3 is 10.2 Å². The van der Waals surface area contributed by atoms with E-state index in [-0.39, 0.29) is 17.7 Å². The Morgan fingerprint density at radius 3 is 2.53 bits per heavy atom. The highest BCUT2D eigenvalue weighted by Gasteiger charge is 2.28. The van der Waals surface area contributed by atoms with E-state index in [1.807, 2.05) is 55.1 Å². The van der Waals surface area contributed by atoms with E-state index in [0.717, 1.165) is 52.5 Å². The van der Waals surface area contributed by atoms with Crippen molar-refractivity contribution >= 4 is 28.3 Å². The number of benzene rings is 3. The highest BCUT2D eigenvalue weighted by Crippen LogP contribution is 2.23. The average molecular weight is 401 g/mol. The molecule has 1 saturated heterocycles. The highest BCUT2D eigenvalue weighted by atomic mass is 16.2. The van der Waals surface area contributed by atoms with Gasteiger partial charge >= 0.3 is 0 Å². The van der Waals surface area contributed by atoms with E-state index in [0.29, 0.717) is 13.0 Å². The molecule has 0 spiro atoms. The summed E-state index contributed by atoms with van der Waals surface area (Å²) in [4.78, 5) is 27.7. The zero-order chi connectivity index (χ0) is 21.1. The van der Waals surface area contributed by atoms with E-state index < -0.39 is 0 Å². The molecule has 1 N–H and O–H groups in total. The van der Waals surface area contributed by atoms with Crippen molar-refractivity contribution in [1.29, 1.82) is 0 Å². The number of piperidine rings is 1. The van der Waals surface area contributed by atoms with Crippen LogP contribution in [0.3, 0.4) is 0 Å². The molecule has 4 nitrogen and oxygen atoms in total. The van der Waals surface area contributed by atoms with Gasteiger partial charge in [0.15, 0.2) is 0 Å². The number of rotatable bonds is 4. The molecule has 1 aliphatic rings. The first-order valence-electron chi connectivity index (χ1n) is 10.6. The minimum atomic E-state index is -0.170. The number of fused-ring (bicyclic) bond motifs is 1. The summed E-state index contributed by atoms with van der Waals surface area (Å²) in [6, 6.07) is 20.3. The van der Waals surface area contributed by atoms with Crippen LogP contribution in [0.25, 0.3) is 10.8 Å². The molecule has 1 aliphatic heterocycles. The van der Waals surface area contributed by atoms with E-state index in [1.54, 1.807) is 0 Å². The summed E-state index contributed by atoms with van der Waals surface area (Å²) in [5.74, 6) is -0.0750. The van der Waals surface area contributed by atoms with Crippen molar-refractivity contribution in [3.63, 3.8) is 0 Å². The number of amides is 2. The van der Waals surface area contributed by atoms with Gasteiger partial charge in [0.2, 0.25) is 11.8 Å². The fourth-order valence-electron chi connectivity index (χ4n) is 4.43. The van der Waals surface area contributed by atoms with Gasteiger partial charge in [0, 0.05) is 18.8 Å². The molecule has 1 atom stereocenters. The van der Waals surface area contributed by atoms with Gasteiger partial charge in [-0.3, -0.25) is 9.59 Å². The molecule has 30 heavy (non-hydrogen) atoms. The average Bonchev–Trinajstić information content (AvgIpc) is 2.73. The normalized spacial score (nSPS) is 16.5. The number of carbonyl (C=O) groups excluding carboxylic acids is 2. The fourth-order valence-corrected chi connectivity index (χ4v) is 4.43. The van der Waals surface area contributed by atoms with Crippen LogP contribution < -0.4 is 5.32 Å². The summed E-state index contributed by atoms with van der Waals surface area (Å²) >= 11 is 0. The predicted molar refractivity (Wildman–Crippen MR) is 122 cm³/mol. The lowest BCUT2D eigenvalue weighted by Crippen LogP contribution is -2.44. The number of nitrogens with one attached hydrogen (secondary N) is 1. The number of likely N-dealkylation sites (tertiary alicyclic amines) is 1. The molecule has 2 amide bonds. The van der Waals surface area contributed by atoms with Crippen LogP contribution in [-0.4, -0.2) is 29.8 Å². The van der Waals surface area contributed by atoms with Gasteiger partial charge in [-0.1, -0.05) is 48.5 Å². The van der Waals surface area contributed by atoms with E-state index in [1.165, 1.54) is 0 Å². The summed E-state index contributed by atoms with van der Waals surface area (Å²) in [7, 11) is 0. The summed E-state index contributed by atoms with van der Waals surface area (Å²) in [5.41, 5.74) is 4.12. The summed E-state index contributed by atoms with van der Waals surface area (Å²) < 4.78 is 0. The molecule has 3 aromatic rings. The highest BCUT2D eigenvalue weighted by molar-refractivity contribution is 5.94. The van der Waals surface area contributed by atoms with Crippen LogP contribution in [-0.2, 0) is 16.0 Å². The largest absolute Gasteiger partial charge is 0.342 e. The van der Waals surface area contributed by atoms with E-state index in [2.05, 4.69) is 29.6 Å². The van der Waals surface area contributed by atoms with Crippen LogP contribution in [0, 0.1) is 19.8 Å². The number of aryl methyl sites for hydroxylation is 2. The maximum atomic E-state index is 13.0. The molecule has 0 aromatic heterocycles. The monoisotopic (exact) mass is 400 g/mol. The summed E-state index contributed by atoms with van der Waals surface area (Å²) in [6.07, 6.45) is 2.04. The predicted octanol–water partition coefficient (Wildman–Crippen LogP) is 4.88. The molecule has 1 heterocycles. The maximum Gasteiger partial charge on any atom is 0.229 e. The summed E-state index contributed by atoms with van der Waals surface area (Å²) in [5, 5.41) is 5.32. The lowest BCUT2D eigenvalue weighted by Gasteiger charge is -2.32. The SMILES string of the molecule is Cc1cc(C)cc(NC(=O)[C@H]2CCCN(C(=O)Cc3cccc4ccccc34)C2)c1. The Morgan fingerprint density at radius 1 is 1.00 bits per heavy atom. The summed E-state index contributed by atoms with van der Waals surface area (Å²) in [6.45, 7) is 5.26. The van der Waals surface area contributed by atoms with Gasteiger partial charge in [0.25, 0.3) is 0 Å². The van der Waals surface area contributed by atoms with Crippen molar-refractivity contribution in [3.8, 4) is 0 Å². The lowest BCUT2D eigenvalue weighted by molar-refractivity contribution is -0.133. The smallest absolute Gasteiger partial charge is 0.229 e. The first-order chi connectivity index (χ1) is 14.5. The van der Waals surface area contributed by atoms with Gasteiger partial charge in [0.05, 0.1) is 12.3 Å². The Hall–Kier alpha value is -3.14. The Morgan fingerprint density at radius 2 is 1.73 bits per heavy atom. The standard InChI is InChI=1S/C26H28N2O2/c1-18-13-19(2)15-23(14-18)27-26(30)22-10-6-12-28(17-22)25(29)16-21-9-5-8-20-7-3-4-11-24(20)21/h3-5,7-9,11,13-15,22H,6,10,12,16-17H2,1-2H3,(H,27,30)/t22-/m0/s1. The van der Waals surface area contributed by atoms with Crippen molar-refractivity contribution in [3.05, 3.63) is 77.4 Å². The third kappa shape index (κ3) is 4.54. The molecule has 0 radical (unpaired) electrons. The van der Waals surface area contributed by atoms with Gasteiger partial charge in [-0.05, 0) is 66.3 Å². The van der Waals surface area contributed by atoms with Crippen LogP contribution in [0.15, 0.2) is 60.7 Å². The number of carbonyl (C=O) groups is 2. The second-order valence-electron chi connectivity index (χ2n) is 8.36. The van der Waals surface area contributed by atoms with Crippen molar-refractivity contribution < 1.29 is 9.59 Å². The number of anilines is 1. The maximum absolute atomic E-state index is 13.0. The Kier molecular flexibility index (Phi) is 5.84. The Balaban J connectivity index is 1.42. The van der Waals surface area contributed by atoms with Crippen molar-refractivity contribution in [1.82, 2.24) is 4.90 Å². The van der Waals surface area contributed by atoms with Crippen molar-refractivity contribution in [2.24, 2.45) is 5.92 Å². The van der Waals surface area contributed by atoms with Crippen molar-refractivity contribution in [2.75, 3.05) is 18.4 Å². The third-order valence-electron chi connectivity index (χ3n) is 5.86. The molecular weight excluding hydrogens is 372 g/mol. The topological polar surface area (TPSA) is 49.4 Å². The minimum Gasteiger partial charge on any atom is -0.342 e. The second kappa shape index (κ2) is 8.70. The van der Waals surface area contributed by atoms with Crippen LogP contribution in [0.4, 0.5) is 5.69 Å². The molecule has 0 bridgehead atoms. The Labute approximate surface area is 177 Å². The molecule has 4 rings (SSSR count). The number of nitrogens with zero attached hydrogens (tertiary/aromatic N) is 1. The molecular formula is C26H28N2O2. The molecule has 0 unspecified atom stereocenters. The van der Waals surface area contributed by atoms with Gasteiger partial charge in [-0.2, -0.15) is 0 Å². The van der Waals surface area contributed by atoms with Gasteiger partial charge in [-0.25, -0.2) is 0 Å². The van der Waals surface area contributed by atoms with Crippen LogP contribution in [0.5, 0.6) is 0 Å². The Bertz CT molecular complexity index is 1060. The third-order valence-corrected chi connectivity index (χ3v) is 5.86. The molecule has 1 fully saturated rings. The molecule has 154 valence electrons. The first kappa shape index (κ1) is 20.1. The van der Waals surface area contributed by atoms with E-state index in [4.69, 9.17) is 0 Å². The fraction of sp³-hybridized carbons (Fsp3) is 0.308. The van der Waals surface area contributed by atoms with Crippen molar-refractivity contribution in [2.45, 2.75) is 33.1 Å². The number of hydrogen-bond acceptors (Lipinski definition) is 2. The zero-order valence-corrected chi connectivity index (χ0v) is 17.7. The van der Waals surface area contributed by atoms with E-state index in [9.17, 15) is 9.59 Å². The van der Waals surface area contributed by atoms with Crippen LogP contribution >= 0.6 is 0 Å². The molecule has 0 aliphatic carbocycles. The minimum absolute atomic E-state index is 0.00246. The van der Waals surface area contributed by atoms with Crippen LogP contribution in [0.2, 0.25) is 0 Å². The van der Waals surface area contributed by atoms with Gasteiger partial charge in [0.1, 0.15) is 0 Å². The lowest BCUT2D eigenvalue weighted by atomic mass is 9.95. The quantitative estimate of drug-likeness (QED) is 0.679. The van der Waals surface area contributed by atoms with Gasteiger partial charge in [-0.15, -0.1) is 0 Å². The molecule has 0 saturated carbocycles. The van der Waals surface area contributed by atoms with Crippen LogP contribution in [0.1, 0.15) is 29.5 Å².